The molecule has 1 saturated heterocycles. The van der Waals surface area contributed by atoms with Gasteiger partial charge in [-0.1, -0.05) is 12.2 Å². The molecule has 1 fully saturated rings. The zero-order chi connectivity index (χ0) is 12.4. The number of carbonyl (C=O) groups excluding carboxylic acids is 1. The highest BCUT2D eigenvalue weighted by atomic mass is 16.5. The van der Waals surface area contributed by atoms with E-state index >= 15 is 0 Å². The van der Waals surface area contributed by atoms with Crippen LogP contribution in [0.25, 0.3) is 0 Å². The lowest BCUT2D eigenvalue weighted by Gasteiger charge is -2.17. The van der Waals surface area contributed by atoms with Crippen LogP contribution in [-0.2, 0) is 14.3 Å². The third-order valence-corrected chi connectivity index (χ3v) is 3.44. The van der Waals surface area contributed by atoms with Crippen LogP contribution in [0.2, 0.25) is 0 Å². The van der Waals surface area contributed by atoms with Crippen LogP contribution in [0.15, 0.2) is 12.2 Å². The van der Waals surface area contributed by atoms with Crippen molar-refractivity contribution in [1.29, 1.82) is 0 Å². The second-order valence-corrected chi connectivity index (χ2v) is 4.65. The molecule has 4 unspecified atom stereocenters. The minimum atomic E-state index is -0.837. The summed E-state index contributed by atoms with van der Waals surface area (Å²) in [6.45, 7) is 2.51. The first kappa shape index (κ1) is 12.1. The molecule has 1 aliphatic heterocycles. The molecule has 0 aromatic heterocycles. The summed E-state index contributed by atoms with van der Waals surface area (Å²) >= 11 is 0. The molecular weight excluding hydrogens is 222 g/mol. The third-order valence-electron chi connectivity index (χ3n) is 3.44. The summed E-state index contributed by atoms with van der Waals surface area (Å²) in [4.78, 5) is 22.7. The normalized spacial score (nSPS) is 36.1. The molecule has 2 N–H and O–H groups in total. The molecule has 1 amide bonds. The molecule has 4 atom stereocenters. The van der Waals surface area contributed by atoms with E-state index in [-0.39, 0.29) is 24.0 Å². The SMILES string of the molecule is CC1OCCC1C(=O)NC1C=CC(C(=O)O)C1. The number of amides is 1. The van der Waals surface area contributed by atoms with Crippen LogP contribution in [0.1, 0.15) is 19.8 Å². The number of carbonyl (C=O) groups is 2. The Bertz CT molecular complexity index is 352. The van der Waals surface area contributed by atoms with E-state index < -0.39 is 11.9 Å². The van der Waals surface area contributed by atoms with Gasteiger partial charge in [-0.3, -0.25) is 9.59 Å². The number of hydrogen-bond donors (Lipinski definition) is 2. The average molecular weight is 239 g/mol. The van der Waals surface area contributed by atoms with E-state index in [0.29, 0.717) is 13.0 Å². The maximum absolute atomic E-state index is 11.9. The summed E-state index contributed by atoms with van der Waals surface area (Å²) < 4.78 is 5.34. The van der Waals surface area contributed by atoms with Crippen molar-refractivity contribution in [1.82, 2.24) is 5.32 Å². The van der Waals surface area contributed by atoms with E-state index in [9.17, 15) is 9.59 Å². The molecule has 0 spiro atoms. The summed E-state index contributed by atoms with van der Waals surface area (Å²) in [6, 6.07) is -0.156. The quantitative estimate of drug-likeness (QED) is 0.705. The van der Waals surface area contributed by atoms with Gasteiger partial charge in [0, 0.05) is 12.6 Å². The minimum Gasteiger partial charge on any atom is -0.481 e. The van der Waals surface area contributed by atoms with Crippen LogP contribution in [0, 0.1) is 11.8 Å². The summed E-state index contributed by atoms with van der Waals surface area (Å²) in [6.07, 6.45) is 4.55. The monoisotopic (exact) mass is 239 g/mol. The van der Waals surface area contributed by atoms with Crippen molar-refractivity contribution in [3.63, 3.8) is 0 Å². The molecule has 1 heterocycles. The highest BCUT2D eigenvalue weighted by Gasteiger charge is 2.33. The fourth-order valence-corrected chi connectivity index (χ4v) is 2.35. The number of nitrogens with one attached hydrogen (secondary N) is 1. The maximum atomic E-state index is 11.9. The summed E-state index contributed by atoms with van der Waals surface area (Å²) in [5.74, 6) is -1.45. The highest BCUT2D eigenvalue weighted by Crippen LogP contribution is 2.23. The van der Waals surface area contributed by atoms with E-state index in [2.05, 4.69) is 5.32 Å². The topological polar surface area (TPSA) is 75.6 Å². The lowest BCUT2D eigenvalue weighted by molar-refractivity contribution is -0.140. The van der Waals surface area contributed by atoms with Gasteiger partial charge in [-0.05, 0) is 19.8 Å². The Morgan fingerprint density at radius 1 is 1.41 bits per heavy atom. The minimum absolute atomic E-state index is 0.0318. The van der Waals surface area contributed by atoms with Gasteiger partial charge >= 0.3 is 5.97 Å². The summed E-state index contributed by atoms with van der Waals surface area (Å²) in [5, 5.41) is 11.7. The Balaban J connectivity index is 1.84. The predicted molar refractivity (Wildman–Crippen MR) is 60.3 cm³/mol. The lowest BCUT2D eigenvalue weighted by atomic mass is 10.0. The van der Waals surface area contributed by atoms with Crippen molar-refractivity contribution in [3.05, 3.63) is 12.2 Å². The Morgan fingerprint density at radius 2 is 2.18 bits per heavy atom. The number of hydrogen-bond acceptors (Lipinski definition) is 3. The molecule has 0 aromatic rings. The summed E-state index contributed by atoms with van der Waals surface area (Å²) in [7, 11) is 0. The molecule has 1 aliphatic carbocycles. The van der Waals surface area contributed by atoms with Crippen LogP contribution in [0.3, 0.4) is 0 Å². The predicted octanol–water partition coefficient (Wildman–Crippen LogP) is 0.557. The van der Waals surface area contributed by atoms with Gasteiger partial charge in [0.25, 0.3) is 0 Å². The van der Waals surface area contributed by atoms with E-state index in [0.717, 1.165) is 6.42 Å². The molecule has 0 bridgehead atoms. The molecule has 5 nitrogen and oxygen atoms in total. The number of carboxylic acid groups (broad SMARTS) is 1. The van der Waals surface area contributed by atoms with Gasteiger partial charge in [0.2, 0.25) is 5.91 Å². The Labute approximate surface area is 99.8 Å². The van der Waals surface area contributed by atoms with Crippen molar-refractivity contribution in [2.45, 2.75) is 31.9 Å². The van der Waals surface area contributed by atoms with E-state index in [1.165, 1.54) is 0 Å². The molecule has 5 heteroatoms. The van der Waals surface area contributed by atoms with Crippen LogP contribution in [0.5, 0.6) is 0 Å². The third kappa shape index (κ3) is 2.66. The molecule has 0 saturated carbocycles. The van der Waals surface area contributed by atoms with Crippen LogP contribution < -0.4 is 5.32 Å². The van der Waals surface area contributed by atoms with Crippen molar-refractivity contribution < 1.29 is 19.4 Å². The molecule has 0 radical (unpaired) electrons. The van der Waals surface area contributed by atoms with Gasteiger partial charge in [-0.15, -0.1) is 0 Å². The van der Waals surface area contributed by atoms with Crippen LogP contribution in [-0.4, -0.2) is 35.7 Å². The van der Waals surface area contributed by atoms with Crippen molar-refractivity contribution in [3.8, 4) is 0 Å². The fraction of sp³-hybridized carbons (Fsp3) is 0.667. The van der Waals surface area contributed by atoms with Crippen LogP contribution >= 0.6 is 0 Å². The van der Waals surface area contributed by atoms with E-state index in [1.807, 2.05) is 6.92 Å². The van der Waals surface area contributed by atoms with Crippen LogP contribution in [0.4, 0.5) is 0 Å². The van der Waals surface area contributed by atoms with E-state index in [1.54, 1.807) is 12.2 Å². The number of carboxylic acids is 1. The molecule has 94 valence electrons. The van der Waals surface area contributed by atoms with Crippen molar-refractivity contribution >= 4 is 11.9 Å². The Kier molecular flexibility index (Phi) is 3.47. The fourth-order valence-electron chi connectivity index (χ4n) is 2.35. The van der Waals surface area contributed by atoms with Gasteiger partial charge < -0.3 is 15.2 Å². The zero-order valence-electron chi connectivity index (χ0n) is 9.76. The first-order valence-corrected chi connectivity index (χ1v) is 5.91. The first-order chi connectivity index (χ1) is 8.08. The van der Waals surface area contributed by atoms with Crippen molar-refractivity contribution in [2.75, 3.05) is 6.61 Å². The van der Waals surface area contributed by atoms with E-state index in [4.69, 9.17) is 9.84 Å². The number of aliphatic carboxylic acids is 1. The van der Waals surface area contributed by atoms with Crippen molar-refractivity contribution in [2.24, 2.45) is 11.8 Å². The lowest BCUT2D eigenvalue weighted by Crippen LogP contribution is -2.39. The van der Waals surface area contributed by atoms with Gasteiger partial charge in [0.15, 0.2) is 0 Å². The van der Waals surface area contributed by atoms with Gasteiger partial charge in [-0.2, -0.15) is 0 Å². The van der Waals surface area contributed by atoms with Gasteiger partial charge in [-0.25, -0.2) is 0 Å². The second-order valence-electron chi connectivity index (χ2n) is 4.65. The zero-order valence-corrected chi connectivity index (χ0v) is 9.76. The largest absolute Gasteiger partial charge is 0.481 e. The Hall–Kier alpha value is -1.36. The smallest absolute Gasteiger partial charge is 0.310 e. The number of ether oxygens (including phenoxy) is 1. The second kappa shape index (κ2) is 4.87. The Morgan fingerprint density at radius 3 is 2.71 bits per heavy atom. The standard InChI is InChI=1S/C12H17NO4/c1-7-10(4-5-17-7)11(14)13-9-3-2-8(6-9)12(15)16/h2-3,7-10H,4-6H2,1H3,(H,13,14)(H,15,16). The molecule has 0 aromatic carbocycles. The first-order valence-electron chi connectivity index (χ1n) is 5.91. The highest BCUT2D eigenvalue weighted by molar-refractivity contribution is 5.80. The van der Waals surface area contributed by atoms with Gasteiger partial charge in [0.05, 0.1) is 17.9 Å². The molecular formula is C12H17NO4. The average Bonchev–Trinajstić information content (AvgIpc) is 2.86. The molecule has 17 heavy (non-hydrogen) atoms. The maximum Gasteiger partial charge on any atom is 0.310 e. The van der Waals surface area contributed by atoms with Gasteiger partial charge in [0.1, 0.15) is 0 Å². The summed E-state index contributed by atoms with van der Waals surface area (Å²) in [5.41, 5.74) is 0. The molecule has 2 rings (SSSR count). The number of rotatable bonds is 3. The molecule has 2 aliphatic rings.